The van der Waals surface area contributed by atoms with Crippen LogP contribution in [0.15, 0.2) is 24.3 Å². The highest BCUT2D eigenvalue weighted by molar-refractivity contribution is 5.38. The predicted octanol–water partition coefficient (Wildman–Crippen LogP) is 1.58. The molecule has 1 rings (SSSR count). The molecule has 0 spiro atoms. The Morgan fingerprint density at radius 2 is 1.64 bits per heavy atom. The van der Waals surface area contributed by atoms with Crippen LogP contribution in [0.1, 0.15) is 12.5 Å². The molecule has 0 bridgehead atoms. The molecule has 2 heteroatoms. The molecular weight excluding hydrogens is 138 g/mol. The lowest BCUT2D eigenvalue weighted by molar-refractivity contribution is 0.318. The third-order valence-electron chi connectivity index (χ3n) is 1.08. The average Bonchev–Trinajstić information content (AvgIpc) is 1.97. The summed E-state index contributed by atoms with van der Waals surface area (Å²) in [5.41, 5.74) is 7.51. The molecule has 0 aliphatic heterocycles. The van der Waals surface area contributed by atoms with Gasteiger partial charge in [0, 0.05) is 12.3 Å². The first-order valence-corrected chi connectivity index (χ1v) is 3.63. The summed E-state index contributed by atoms with van der Waals surface area (Å²) >= 11 is 0. The van der Waals surface area contributed by atoms with Crippen molar-refractivity contribution >= 4 is 5.69 Å². The lowest BCUT2D eigenvalue weighted by Gasteiger charge is -1.90. The van der Waals surface area contributed by atoms with Gasteiger partial charge in [-0.2, -0.15) is 0 Å². The monoisotopic (exact) mass is 153 g/mol. The number of anilines is 1. The highest BCUT2D eigenvalue weighted by Gasteiger charge is 1.80. The molecular formula is C9H15NO. The van der Waals surface area contributed by atoms with E-state index in [1.807, 2.05) is 31.2 Å². The van der Waals surface area contributed by atoms with Gasteiger partial charge < -0.3 is 10.8 Å². The van der Waals surface area contributed by atoms with E-state index in [0.717, 1.165) is 5.69 Å². The summed E-state index contributed by atoms with van der Waals surface area (Å²) in [6, 6.07) is 7.79. The van der Waals surface area contributed by atoms with Gasteiger partial charge in [-0.25, -0.2) is 0 Å². The zero-order valence-electron chi connectivity index (χ0n) is 7.04. The summed E-state index contributed by atoms with van der Waals surface area (Å²) in [7, 11) is 0. The van der Waals surface area contributed by atoms with Crippen LogP contribution in [0.4, 0.5) is 5.69 Å². The topological polar surface area (TPSA) is 46.2 Å². The fourth-order valence-electron chi connectivity index (χ4n) is 0.566. The number of aliphatic hydroxyl groups excluding tert-OH is 1. The third-order valence-corrected chi connectivity index (χ3v) is 1.08. The molecule has 1 aromatic rings. The van der Waals surface area contributed by atoms with Gasteiger partial charge in [-0.15, -0.1) is 0 Å². The maximum absolute atomic E-state index is 7.57. The Labute approximate surface area is 67.7 Å². The summed E-state index contributed by atoms with van der Waals surface area (Å²) in [4.78, 5) is 0. The molecule has 0 aliphatic rings. The first-order valence-electron chi connectivity index (χ1n) is 3.63. The van der Waals surface area contributed by atoms with E-state index in [9.17, 15) is 0 Å². The van der Waals surface area contributed by atoms with Gasteiger partial charge in [-0.1, -0.05) is 17.7 Å². The van der Waals surface area contributed by atoms with Crippen molar-refractivity contribution in [3.05, 3.63) is 29.8 Å². The molecule has 0 radical (unpaired) electrons. The minimum atomic E-state index is 0.250. The van der Waals surface area contributed by atoms with E-state index in [4.69, 9.17) is 10.8 Å². The molecule has 2 nitrogen and oxygen atoms in total. The van der Waals surface area contributed by atoms with Gasteiger partial charge in [-0.3, -0.25) is 0 Å². The summed E-state index contributed by atoms with van der Waals surface area (Å²) < 4.78 is 0. The van der Waals surface area contributed by atoms with Crippen LogP contribution in [-0.4, -0.2) is 11.7 Å². The molecule has 0 amide bonds. The van der Waals surface area contributed by atoms with Crippen molar-refractivity contribution in [2.24, 2.45) is 0 Å². The Morgan fingerprint density at radius 3 is 1.91 bits per heavy atom. The number of benzene rings is 1. The maximum atomic E-state index is 7.57. The third kappa shape index (κ3) is 5.43. The predicted molar refractivity (Wildman–Crippen MR) is 48.4 cm³/mol. The summed E-state index contributed by atoms with van der Waals surface area (Å²) in [6.45, 7) is 3.97. The van der Waals surface area contributed by atoms with Gasteiger partial charge in [0.2, 0.25) is 0 Å². The molecule has 0 saturated carbocycles. The van der Waals surface area contributed by atoms with E-state index in [0.29, 0.717) is 0 Å². The Morgan fingerprint density at radius 1 is 1.27 bits per heavy atom. The largest absolute Gasteiger partial charge is 0.399 e. The van der Waals surface area contributed by atoms with Crippen LogP contribution in [0.2, 0.25) is 0 Å². The fraction of sp³-hybridized carbons (Fsp3) is 0.333. The molecule has 0 fully saturated rings. The van der Waals surface area contributed by atoms with Crippen LogP contribution in [0, 0.1) is 6.92 Å². The number of hydrogen-bond acceptors (Lipinski definition) is 2. The molecule has 0 saturated heterocycles. The number of aliphatic hydroxyl groups is 1. The maximum Gasteiger partial charge on any atom is 0.0402 e. The van der Waals surface area contributed by atoms with E-state index >= 15 is 0 Å². The van der Waals surface area contributed by atoms with Crippen molar-refractivity contribution in [1.82, 2.24) is 0 Å². The van der Waals surface area contributed by atoms with Crippen LogP contribution in [0.3, 0.4) is 0 Å². The molecule has 0 atom stereocenters. The van der Waals surface area contributed by atoms with Crippen LogP contribution >= 0.6 is 0 Å². The second kappa shape index (κ2) is 5.74. The normalized spacial score (nSPS) is 8.27. The van der Waals surface area contributed by atoms with Gasteiger partial charge in [0.1, 0.15) is 0 Å². The molecule has 3 N–H and O–H groups in total. The van der Waals surface area contributed by atoms with Crippen molar-refractivity contribution in [2.45, 2.75) is 13.8 Å². The molecule has 0 aliphatic carbocycles. The van der Waals surface area contributed by atoms with Crippen molar-refractivity contribution in [3.63, 3.8) is 0 Å². The van der Waals surface area contributed by atoms with E-state index in [-0.39, 0.29) is 6.61 Å². The quantitative estimate of drug-likeness (QED) is 0.556. The Hall–Kier alpha value is -1.02. The molecule has 0 unspecified atom stereocenters. The van der Waals surface area contributed by atoms with Crippen molar-refractivity contribution in [3.8, 4) is 0 Å². The van der Waals surface area contributed by atoms with Gasteiger partial charge in [0.05, 0.1) is 0 Å². The summed E-state index contributed by atoms with van der Waals surface area (Å²) in [5.74, 6) is 0. The first-order chi connectivity index (χ1) is 5.20. The average molecular weight is 153 g/mol. The molecule has 1 aromatic carbocycles. The smallest absolute Gasteiger partial charge is 0.0402 e. The number of rotatable bonds is 0. The Bertz CT molecular complexity index is 160. The summed E-state index contributed by atoms with van der Waals surface area (Å²) in [5, 5.41) is 7.57. The van der Waals surface area contributed by atoms with E-state index < -0.39 is 0 Å². The molecule has 62 valence electrons. The van der Waals surface area contributed by atoms with Crippen LogP contribution in [-0.2, 0) is 0 Å². The highest BCUT2D eigenvalue weighted by atomic mass is 16.2. The number of hydrogen-bond donors (Lipinski definition) is 2. The van der Waals surface area contributed by atoms with Crippen LogP contribution in [0.25, 0.3) is 0 Å². The number of nitrogens with two attached hydrogens (primary N) is 1. The zero-order valence-corrected chi connectivity index (χ0v) is 7.04. The van der Waals surface area contributed by atoms with Crippen LogP contribution in [0.5, 0.6) is 0 Å². The second-order valence-corrected chi connectivity index (χ2v) is 2.23. The SMILES string of the molecule is CCO.Cc1ccc(N)cc1. The zero-order chi connectivity index (χ0) is 8.69. The first kappa shape index (κ1) is 9.98. The molecule has 0 heterocycles. The minimum absolute atomic E-state index is 0.250. The fourth-order valence-corrected chi connectivity index (χ4v) is 0.566. The van der Waals surface area contributed by atoms with Gasteiger partial charge in [0.15, 0.2) is 0 Å². The van der Waals surface area contributed by atoms with E-state index in [2.05, 4.69) is 0 Å². The lowest BCUT2D eigenvalue weighted by atomic mass is 10.2. The molecule has 11 heavy (non-hydrogen) atoms. The second-order valence-electron chi connectivity index (χ2n) is 2.23. The molecule has 0 aromatic heterocycles. The Balaban J connectivity index is 0.000000292. The van der Waals surface area contributed by atoms with Crippen molar-refractivity contribution in [1.29, 1.82) is 0 Å². The van der Waals surface area contributed by atoms with Crippen LogP contribution < -0.4 is 5.73 Å². The highest BCUT2D eigenvalue weighted by Crippen LogP contribution is 2.02. The summed E-state index contributed by atoms with van der Waals surface area (Å²) in [6.07, 6.45) is 0. The van der Waals surface area contributed by atoms with Gasteiger partial charge in [-0.05, 0) is 26.0 Å². The van der Waals surface area contributed by atoms with Crippen molar-refractivity contribution < 1.29 is 5.11 Å². The Kier molecular flexibility index (Phi) is 5.21. The number of nitrogen functional groups attached to an aromatic ring is 1. The standard InChI is InChI=1S/C7H9N.C2H6O/c1-6-2-4-7(8)5-3-6;1-2-3/h2-5H,8H2,1H3;3H,2H2,1H3. The van der Waals surface area contributed by atoms with Gasteiger partial charge in [0.25, 0.3) is 0 Å². The van der Waals surface area contributed by atoms with E-state index in [1.165, 1.54) is 5.56 Å². The van der Waals surface area contributed by atoms with Gasteiger partial charge >= 0.3 is 0 Å². The van der Waals surface area contributed by atoms with E-state index in [1.54, 1.807) is 6.92 Å². The van der Waals surface area contributed by atoms with Crippen molar-refractivity contribution in [2.75, 3.05) is 12.3 Å². The number of aryl methyl sites for hydroxylation is 1. The minimum Gasteiger partial charge on any atom is -0.399 e. The lowest BCUT2D eigenvalue weighted by Crippen LogP contribution is -1.81.